The zero-order chi connectivity index (χ0) is 13.9. The molecular formula is C10H11BrN2O5. The first-order chi connectivity index (χ1) is 8.38. The third kappa shape index (κ3) is 2.95. The van der Waals surface area contributed by atoms with E-state index in [-0.39, 0.29) is 11.2 Å². The molecule has 0 aliphatic heterocycles. The molecule has 1 atom stereocenters. The highest BCUT2D eigenvalue weighted by Gasteiger charge is 2.14. The molecule has 0 aliphatic carbocycles. The van der Waals surface area contributed by atoms with Gasteiger partial charge in [-0.25, -0.2) is 9.36 Å². The second-order valence-electron chi connectivity index (χ2n) is 3.55. The third-order valence-corrected chi connectivity index (χ3v) is 2.70. The fourth-order valence-corrected chi connectivity index (χ4v) is 1.70. The van der Waals surface area contributed by atoms with Crippen molar-refractivity contribution in [1.29, 1.82) is 0 Å². The minimum absolute atomic E-state index is 0.1000. The Labute approximate surface area is 110 Å². The Balaban J connectivity index is 3.35. The number of nitrogens with zero attached hydrogens (tertiary/aromatic N) is 2. The molecule has 1 aromatic rings. The molecular weight excluding hydrogens is 308 g/mol. The minimum atomic E-state index is -0.897. The maximum Gasteiger partial charge on any atom is 0.334 e. The predicted molar refractivity (Wildman–Crippen MR) is 65.2 cm³/mol. The van der Waals surface area contributed by atoms with Gasteiger partial charge in [0.25, 0.3) is 5.56 Å². The molecule has 1 aromatic heterocycles. The summed E-state index contributed by atoms with van der Waals surface area (Å²) in [5.74, 6) is -0.556. The van der Waals surface area contributed by atoms with Crippen LogP contribution in [-0.2, 0) is 21.1 Å². The average Bonchev–Trinajstić information content (AvgIpc) is 2.31. The Morgan fingerprint density at radius 1 is 1.56 bits per heavy atom. The number of rotatable bonds is 4. The van der Waals surface area contributed by atoms with Gasteiger partial charge in [0, 0.05) is 13.1 Å². The zero-order valence-electron chi connectivity index (χ0n) is 9.75. The first-order valence-corrected chi connectivity index (χ1v) is 5.78. The Morgan fingerprint density at radius 2 is 2.17 bits per heavy atom. The molecule has 0 fully saturated rings. The van der Waals surface area contributed by atoms with Crippen molar-refractivity contribution < 1.29 is 14.3 Å². The van der Waals surface area contributed by atoms with E-state index in [4.69, 9.17) is 0 Å². The second kappa shape index (κ2) is 5.76. The molecule has 1 unspecified atom stereocenters. The fourth-order valence-electron chi connectivity index (χ4n) is 1.26. The van der Waals surface area contributed by atoms with Crippen LogP contribution in [0.25, 0.3) is 0 Å². The molecule has 0 amide bonds. The van der Waals surface area contributed by atoms with E-state index in [1.54, 1.807) is 0 Å². The number of hydrogen-bond acceptors (Lipinski definition) is 5. The Bertz CT molecular complexity index is 589. The molecule has 0 bridgehead atoms. The number of esters is 1. The lowest BCUT2D eigenvalue weighted by atomic mass is 10.4. The molecule has 0 saturated carbocycles. The van der Waals surface area contributed by atoms with Crippen LogP contribution in [0.4, 0.5) is 0 Å². The summed E-state index contributed by atoms with van der Waals surface area (Å²) in [6.45, 7) is 2.29. The van der Waals surface area contributed by atoms with E-state index in [0.717, 1.165) is 9.13 Å². The maximum atomic E-state index is 11.9. The molecule has 0 spiro atoms. The second-order valence-corrected chi connectivity index (χ2v) is 4.40. The summed E-state index contributed by atoms with van der Waals surface area (Å²) < 4.78 is 6.57. The summed E-state index contributed by atoms with van der Waals surface area (Å²) in [7, 11) is 0. The van der Waals surface area contributed by atoms with Crippen LogP contribution in [0.2, 0.25) is 0 Å². The van der Waals surface area contributed by atoms with E-state index in [0.29, 0.717) is 6.29 Å². The Morgan fingerprint density at radius 3 is 2.67 bits per heavy atom. The first-order valence-electron chi connectivity index (χ1n) is 4.98. The Kier molecular flexibility index (Phi) is 4.60. The van der Waals surface area contributed by atoms with Gasteiger partial charge in [0.15, 0.2) is 6.73 Å². The van der Waals surface area contributed by atoms with E-state index in [2.05, 4.69) is 20.7 Å². The van der Waals surface area contributed by atoms with Crippen molar-refractivity contribution in [3.05, 3.63) is 31.5 Å². The van der Waals surface area contributed by atoms with Gasteiger partial charge in [-0.15, -0.1) is 0 Å². The quantitative estimate of drug-likeness (QED) is 0.578. The van der Waals surface area contributed by atoms with E-state index in [1.807, 2.05) is 0 Å². The normalized spacial score (nSPS) is 11.9. The third-order valence-electron chi connectivity index (χ3n) is 2.16. The van der Waals surface area contributed by atoms with Crippen LogP contribution in [0.1, 0.15) is 19.9 Å². The molecule has 8 heteroatoms. The Hall–Kier alpha value is -1.70. The van der Waals surface area contributed by atoms with E-state index in [1.165, 1.54) is 20.0 Å². The van der Waals surface area contributed by atoms with Crippen LogP contribution in [-0.4, -0.2) is 21.4 Å². The number of aromatic nitrogens is 2. The van der Waals surface area contributed by atoms with E-state index >= 15 is 0 Å². The van der Waals surface area contributed by atoms with Crippen LogP contribution in [0, 0.1) is 0 Å². The largest absolute Gasteiger partial charge is 0.444 e. The molecule has 18 heavy (non-hydrogen) atoms. The standard InChI is InChI=1S/C10H11BrN2O5/c1-6(4-14)13-9(16)8(11)3-12(10(13)17)5-18-7(2)15/h3-4,6H,5H2,1-2H3. The highest BCUT2D eigenvalue weighted by Crippen LogP contribution is 2.02. The monoisotopic (exact) mass is 318 g/mol. The molecule has 0 aromatic carbocycles. The molecule has 98 valence electrons. The van der Waals surface area contributed by atoms with Crippen molar-refractivity contribution in [1.82, 2.24) is 9.13 Å². The van der Waals surface area contributed by atoms with Gasteiger partial charge in [-0.1, -0.05) is 0 Å². The smallest absolute Gasteiger partial charge is 0.334 e. The molecule has 0 radical (unpaired) electrons. The summed E-state index contributed by atoms with van der Waals surface area (Å²) >= 11 is 2.99. The van der Waals surface area contributed by atoms with Crippen molar-refractivity contribution in [2.45, 2.75) is 26.6 Å². The van der Waals surface area contributed by atoms with Gasteiger partial charge in [0.1, 0.15) is 6.29 Å². The van der Waals surface area contributed by atoms with Crippen molar-refractivity contribution in [3.8, 4) is 0 Å². The van der Waals surface area contributed by atoms with E-state index in [9.17, 15) is 19.2 Å². The summed E-state index contributed by atoms with van der Waals surface area (Å²) in [5, 5.41) is 0. The van der Waals surface area contributed by atoms with E-state index < -0.39 is 23.3 Å². The predicted octanol–water partition coefficient (Wildman–Crippen LogP) is 0.0530. The molecule has 1 heterocycles. The highest BCUT2D eigenvalue weighted by molar-refractivity contribution is 9.10. The fraction of sp³-hybridized carbons (Fsp3) is 0.400. The maximum absolute atomic E-state index is 11.9. The molecule has 1 rings (SSSR count). The number of carbonyl (C=O) groups is 2. The number of hydrogen-bond donors (Lipinski definition) is 0. The van der Waals surface area contributed by atoms with Gasteiger partial charge in [-0.3, -0.25) is 14.2 Å². The lowest BCUT2D eigenvalue weighted by Crippen LogP contribution is -2.42. The highest BCUT2D eigenvalue weighted by atomic mass is 79.9. The summed E-state index contributed by atoms with van der Waals surface area (Å²) in [6, 6.07) is -0.897. The lowest BCUT2D eigenvalue weighted by molar-refractivity contribution is -0.144. The number of ether oxygens (including phenoxy) is 1. The van der Waals surface area contributed by atoms with Gasteiger partial charge in [0.05, 0.1) is 10.5 Å². The van der Waals surface area contributed by atoms with Crippen LogP contribution in [0.15, 0.2) is 20.3 Å². The minimum Gasteiger partial charge on any atom is -0.444 e. The molecule has 0 aliphatic rings. The summed E-state index contributed by atoms with van der Waals surface area (Å²) in [6.07, 6.45) is 1.69. The van der Waals surface area contributed by atoms with Crippen LogP contribution >= 0.6 is 15.9 Å². The van der Waals surface area contributed by atoms with Crippen molar-refractivity contribution >= 4 is 28.2 Å². The zero-order valence-corrected chi connectivity index (χ0v) is 11.3. The van der Waals surface area contributed by atoms with Gasteiger partial charge in [-0.2, -0.15) is 0 Å². The van der Waals surface area contributed by atoms with Crippen LogP contribution < -0.4 is 11.2 Å². The van der Waals surface area contributed by atoms with Crippen molar-refractivity contribution in [3.63, 3.8) is 0 Å². The van der Waals surface area contributed by atoms with Crippen LogP contribution in [0.3, 0.4) is 0 Å². The summed E-state index contributed by atoms with van der Waals surface area (Å²) in [4.78, 5) is 45.0. The van der Waals surface area contributed by atoms with Crippen molar-refractivity contribution in [2.24, 2.45) is 0 Å². The summed E-state index contributed by atoms with van der Waals surface area (Å²) in [5.41, 5.74) is -1.33. The van der Waals surface area contributed by atoms with Gasteiger partial charge < -0.3 is 9.53 Å². The first kappa shape index (κ1) is 14.4. The number of carbonyl (C=O) groups excluding carboxylic acids is 2. The van der Waals surface area contributed by atoms with Gasteiger partial charge in [0.2, 0.25) is 0 Å². The average molecular weight is 319 g/mol. The van der Waals surface area contributed by atoms with Crippen molar-refractivity contribution in [2.75, 3.05) is 0 Å². The van der Waals surface area contributed by atoms with Gasteiger partial charge in [-0.05, 0) is 22.9 Å². The lowest BCUT2D eigenvalue weighted by Gasteiger charge is -2.12. The number of halogens is 1. The number of aldehydes is 1. The SMILES string of the molecule is CC(=O)OCn1cc(Br)c(=O)n(C(C)C=O)c1=O. The molecule has 0 saturated heterocycles. The molecule has 0 N–H and O–H groups in total. The topological polar surface area (TPSA) is 87.4 Å². The van der Waals surface area contributed by atoms with Gasteiger partial charge >= 0.3 is 11.7 Å². The molecule has 7 nitrogen and oxygen atoms in total. The van der Waals surface area contributed by atoms with Crippen LogP contribution in [0.5, 0.6) is 0 Å².